The number of nitrogens with zero attached hydrogens (tertiary/aromatic N) is 5. The number of carbonyl (C=O) groups excluding carboxylic acids is 2. The van der Waals surface area contributed by atoms with Crippen LogP contribution < -0.4 is 10.6 Å². The SMILES string of the molecule is O=C(CN(CCN(Cc1ccccn1)Cc1ccccn1)Cc1ccccn1)Nc1ccc(CC(=O)N[C@H]2C(O)O[C@H](CO)[C@@H](O)[C@@H]2O)cc1. The molecular weight excluding hydrogens is 642 g/mol. The highest BCUT2D eigenvalue weighted by atomic mass is 16.6. The number of aromatic nitrogens is 3. The van der Waals surface area contributed by atoms with Crippen LogP contribution in [-0.2, 0) is 40.4 Å². The molecule has 1 aromatic carbocycles. The number of carbonyl (C=O) groups is 2. The van der Waals surface area contributed by atoms with Gasteiger partial charge in [-0.15, -0.1) is 0 Å². The van der Waals surface area contributed by atoms with Gasteiger partial charge in [-0.3, -0.25) is 34.3 Å². The Kier molecular flexibility index (Phi) is 13.4. The highest BCUT2D eigenvalue weighted by Crippen LogP contribution is 2.20. The molecule has 1 aliphatic rings. The van der Waals surface area contributed by atoms with Crippen molar-refractivity contribution in [2.24, 2.45) is 0 Å². The molecule has 1 unspecified atom stereocenters. The fourth-order valence-corrected chi connectivity index (χ4v) is 5.66. The predicted octanol–water partition coefficient (Wildman–Crippen LogP) is 0.473. The number of aliphatic hydroxyl groups is 4. The summed E-state index contributed by atoms with van der Waals surface area (Å²) in [6.45, 7) is 2.44. The van der Waals surface area contributed by atoms with E-state index in [0.717, 1.165) is 17.1 Å². The van der Waals surface area contributed by atoms with Crippen molar-refractivity contribution in [1.29, 1.82) is 0 Å². The minimum Gasteiger partial charge on any atom is -0.394 e. The van der Waals surface area contributed by atoms with Crippen molar-refractivity contribution in [3.05, 3.63) is 120 Å². The first kappa shape index (κ1) is 36.6. The summed E-state index contributed by atoms with van der Waals surface area (Å²) in [6.07, 6.45) is -0.583. The van der Waals surface area contributed by atoms with Crippen LogP contribution in [0.25, 0.3) is 0 Å². The second-order valence-corrected chi connectivity index (χ2v) is 12.1. The van der Waals surface area contributed by atoms with Crippen LogP contribution in [0.15, 0.2) is 97.5 Å². The molecule has 264 valence electrons. The summed E-state index contributed by atoms with van der Waals surface area (Å²) in [5.74, 6) is -0.735. The number of aliphatic hydroxyl groups excluding tert-OH is 4. The molecule has 1 aliphatic heterocycles. The van der Waals surface area contributed by atoms with Gasteiger partial charge in [0.25, 0.3) is 0 Å². The Balaban J connectivity index is 1.17. The van der Waals surface area contributed by atoms with Gasteiger partial charge in [0.1, 0.15) is 24.4 Å². The van der Waals surface area contributed by atoms with E-state index < -0.39 is 43.2 Å². The molecule has 6 N–H and O–H groups in total. The summed E-state index contributed by atoms with van der Waals surface area (Å²) in [5, 5.41) is 45.2. The van der Waals surface area contributed by atoms with Crippen LogP contribution in [0, 0.1) is 0 Å². The minimum absolute atomic E-state index is 0.0882. The smallest absolute Gasteiger partial charge is 0.238 e. The van der Waals surface area contributed by atoms with E-state index in [-0.39, 0.29) is 18.9 Å². The van der Waals surface area contributed by atoms with Gasteiger partial charge in [0.05, 0.1) is 36.7 Å². The molecule has 50 heavy (non-hydrogen) atoms. The molecule has 5 rings (SSSR count). The van der Waals surface area contributed by atoms with Gasteiger partial charge in [0.2, 0.25) is 11.8 Å². The average Bonchev–Trinajstić information content (AvgIpc) is 3.12. The van der Waals surface area contributed by atoms with Gasteiger partial charge >= 0.3 is 0 Å². The fraction of sp³-hybridized carbons (Fsp3) is 0.361. The van der Waals surface area contributed by atoms with E-state index in [9.17, 15) is 30.0 Å². The van der Waals surface area contributed by atoms with Crippen LogP contribution in [-0.4, -0.2) is 114 Å². The van der Waals surface area contributed by atoms with Crippen molar-refractivity contribution >= 4 is 17.5 Å². The molecule has 0 aliphatic carbocycles. The third-order valence-corrected chi connectivity index (χ3v) is 8.27. The summed E-state index contributed by atoms with van der Waals surface area (Å²) in [5.41, 5.74) is 3.88. The first-order valence-corrected chi connectivity index (χ1v) is 16.4. The van der Waals surface area contributed by atoms with Gasteiger partial charge in [-0.1, -0.05) is 30.3 Å². The maximum absolute atomic E-state index is 13.3. The van der Waals surface area contributed by atoms with Gasteiger partial charge < -0.3 is 35.8 Å². The summed E-state index contributed by atoms with van der Waals surface area (Å²) in [7, 11) is 0. The van der Waals surface area contributed by atoms with E-state index >= 15 is 0 Å². The van der Waals surface area contributed by atoms with Gasteiger partial charge in [-0.05, 0) is 54.1 Å². The number of hydrogen-bond donors (Lipinski definition) is 6. The second-order valence-electron chi connectivity index (χ2n) is 12.1. The number of ether oxygens (including phenoxy) is 1. The molecule has 1 fully saturated rings. The van der Waals surface area contributed by atoms with Crippen LogP contribution in [0.4, 0.5) is 5.69 Å². The summed E-state index contributed by atoms with van der Waals surface area (Å²) in [6, 6.07) is 22.9. The van der Waals surface area contributed by atoms with E-state index in [1.165, 1.54) is 0 Å². The zero-order valence-corrected chi connectivity index (χ0v) is 27.5. The summed E-state index contributed by atoms with van der Waals surface area (Å²) in [4.78, 5) is 43.7. The van der Waals surface area contributed by atoms with Crippen molar-refractivity contribution in [2.75, 3.05) is 31.6 Å². The van der Waals surface area contributed by atoms with E-state index in [4.69, 9.17) is 4.74 Å². The lowest BCUT2D eigenvalue weighted by Gasteiger charge is -2.40. The average molecular weight is 686 g/mol. The quantitative estimate of drug-likeness (QED) is 0.0957. The van der Waals surface area contributed by atoms with Crippen LogP contribution in [0.2, 0.25) is 0 Å². The second kappa shape index (κ2) is 18.4. The Hall–Kier alpha value is -4.67. The van der Waals surface area contributed by atoms with Gasteiger partial charge in [0.15, 0.2) is 6.29 Å². The highest BCUT2D eigenvalue weighted by Gasteiger charge is 2.44. The zero-order valence-electron chi connectivity index (χ0n) is 27.5. The maximum atomic E-state index is 13.3. The molecule has 4 aromatic rings. The fourth-order valence-electron chi connectivity index (χ4n) is 5.66. The normalized spacial score (nSPS) is 20.5. The lowest BCUT2D eigenvalue weighted by Crippen LogP contribution is -2.64. The van der Waals surface area contributed by atoms with Crippen molar-refractivity contribution in [3.8, 4) is 0 Å². The first-order chi connectivity index (χ1) is 24.3. The van der Waals surface area contributed by atoms with Crippen LogP contribution in [0.1, 0.15) is 22.6 Å². The molecule has 2 amide bonds. The third kappa shape index (κ3) is 10.9. The van der Waals surface area contributed by atoms with Crippen molar-refractivity contribution in [3.63, 3.8) is 0 Å². The number of benzene rings is 1. The molecule has 4 heterocycles. The Morgan fingerprint density at radius 3 is 1.76 bits per heavy atom. The topological polar surface area (TPSA) is 193 Å². The van der Waals surface area contributed by atoms with Crippen LogP contribution in [0.3, 0.4) is 0 Å². The number of anilines is 1. The lowest BCUT2D eigenvalue weighted by atomic mass is 9.97. The molecule has 5 atom stereocenters. The number of pyridine rings is 3. The molecule has 14 nitrogen and oxygen atoms in total. The molecule has 1 saturated heterocycles. The largest absolute Gasteiger partial charge is 0.394 e. The highest BCUT2D eigenvalue weighted by molar-refractivity contribution is 5.92. The molecule has 0 bridgehead atoms. The number of amides is 2. The number of nitrogens with one attached hydrogen (secondary N) is 2. The summed E-state index contributed by atoms with van der Waals surface area (Å²) < 4.78 is 5.10. The Bertz CT molecular complexity index is 1580. The van der Waals surface area contributed by atoms with Crippen LogP contribution in [0.5, 0.6) is 0 Å². The molecule has 14 heteroatoms. The molecule has 0 saturated carbocycles. The van der Waals surface area contributed by atoms with E-state index in [2.05, 4.69) is 30.5 Å². The molecule has 3 aromatic heterocycles. The maximum Gasteiger partial charge on any atom is 0.238 e. The first-order valence-electron chi connectivity index (χ1n) is 16.4. The molecule has 0 spiro atoms. The lowest BCUT2D eigenvalue weighted by molar-refractivity contribution is -0.253. The third-order valence-electron chi connectivity index (χ3n) is 8.27. The van der Waals surface area contributed by atoms with E-state index in [0.29, 0.717) is 44.0 Å². The number of rotatable bonds is 16. The van der Waals surface area contributed by atoms with Gasteiger partial charge in [0, 0.05) is 57.0 Å². The Morgan fingerprint density at radius 2 is 1.24 bits per heavy atom. The van der Waals surface area contributed by atoms with Crippen molar-refractivity contribution in [1.82, 2.24) is 30.1 Å². The van der Waals surface area contributed by atoms with Crippen molar-refractivity contribution in [2.45, 2.75) is 56.7 Å². The monoisotopic (exact) mass is 685 g/mol. The molecular formula is C36H43N7O7. The zero-order chi connectivity index (χ0) is 35.3. The van der Waals surface area contributed by atoms with Gasteiger partial charge in [-0.25, -0.2) is 0 Å². The van der Waals surface area contributed by atoms with E-state index in [1.807, 2.05) is 59.5 Å². The summed E-state index contributed by atoms with van der Waals surface area (Å²) >= 11 is 0. The predicted molar refractivity (Wildman–Crippen MR) is 183 cm³/mol. The van der Waals surface area contributed by atoms with Crippen LogP contribution >= 0.6 is 0 Å². The Morgan fingerprint density at radius 1 is 0.700 bits per heavy atom. The molecule has 0 radical (unpaired) electrons. The van der Waals surface area contributed by atoms with Crippen molar-refractivity contribution < 1.29 is 34.8 Å². The number of hydrogen-bond acceptors (Lipinski definition) is 12. The Labute approximate surface area is 290 Å². The van der Waals surface area contributed by atoms with Gasteiger partial charge in [-0.2, -0.15) is 0 Å². The minimum atomic E-state index is -1.60. The standard InChI is InChI=1S/C36H43N7O7/c44-24-30-34(47)35(48)33(36(49)50-30)41-31(45)19-25-10-12-26(13-11-25)40-32(46)23-43(22-29-9-3-6-16-39-29)18-17-42(20-27-7-1-4-14-37-27)21-28-8-2-5-15-38-28/h1-16,30,33-36,44,47-49H,17-24H2,(H,40,46)(H,41,45)/t30-,33-,34-,35-,36?/m1/s1. The van der Waals surface area contributed by atoms with E-state index in [1.54, 1.807) is 42.9 Å².